The lowest BCUT2D eigenvalue weighted by Crippen LogP contribution is -2.22. The molecule has 0 fully saturated rings. The quantitative estimate of drug-likeness (QED) is 0.717. The highest BCUT2D eigenvalue weighted by molar-refractivity contribution is 7.85. The molecule has 0 saturated carbocycles. The van der Waals surface area contributed by atoms with E-state index in [9.17, 15) is 13.8 Å². The Hall–Kier alpha value is -2.67. The highest BCUT2D eigenvalue weighted by Gasteiger charge is 2.17. The third kappa shape index (κ3) is 5.16. The lowest BCUT2D eigenvalue weighted by molar-refractivity contribution is -0.119. The Morgan fingerprint density at radius 1 is 1.04 bits per heavy atom. The Bertz CT molecular complexity index is 806. The summed E-state index contributed by atoms with van der Waals surface area (Å²) in [6, 6.07) is 13.5. The van der Waals surface area contributed by atoms with Gasteiger partial charge in [-0.3, -0.25) is 9.00 Å². The molecule has 2 rings (SSSR count). The van der Waals surface area contributed by atoms with Crippen LogP contribution < -0.4 is 10.1 Å². The third-order valence-corrected chi connectivity index (χ3v) is 4.78. The van der Waals surface area contributed by atoms with Crippen LogP contribution in [0.5, 0.6) is 5.75 Å². The zero-order valence-corrected chi connectivity index (χ0v) is 15.5. The van der Waals surface area contributed by atoms with E-state index < -0.39 is 29.3 Å². The van der Waals surface area contributed by atoms with Crippen molar-refractivity contribution in [1.82, 2.24) is 0 Å². The predicted octanol–water partition coefficient (Wildman–Crippen LogP) is 3.01. The molecular weight excluding hydrogens is 354 g/mol. The average molecular weight is 375 g/mol. The SMILES string of the molecule is CCOc1ccccc1NC(=O)COC(=O)c1ccccc1[S@](=O)CC. The van der Waals surface area contributed by atoms with E-state index in [2.05, 4.69) is 5.32 Å². The molecule has 0 bridgehead atoms. The van der Waals surface area contributed by atoms with Crippen LogP contribution >= 0.6 is 0 Å². The van der Waals surface area contributed by atoms with Crippen LogP contribution in [0.15, 0.2) is 53.4 Å². The number of carbonyl (C=O) groups is 2. The van der Waals surface area contributed by atoms with E-state index in [1.165, 1.54) is 6.07 Å². The summed E-state index contributed by atoms with van der Waals surface area (Å²) < 4.78 is 22.5. The second-order valence-corrected chi connectivity index (χ2v) is 6.89. The van der Waals surface area contributed by atoms with E-state index in [0.717, 1.165) is 0 Å². The Morgan fingerprint density at radius 3 is 2.46 bits per heavy atom. The average Bonchev–Trinajstić information content (AvgIpc) is 2.67. The van der Waals surface area contributed by atoms with E-state index in [1.807, 2.05) is 6.92 Å². The largest absolute Gasteiger partial charge is 0.492 e. The summed E-state index contributed by atoms with van der Waals surface area (Å²) >= 11 is 0. The van der Waals surface area contributed by atoms with E-state index in [4.69, 9.17) is 9.47 Å². The monoisotopic (exact) mass is 375 g/mol. The van der Waals surface area contributed by atoms with Crippen molar-refractivity contribution in [1.29, 1.82) is 0 Å². The molecule has 0 aliphatic heterocycles. The summed E-state index contributed by atoms with van der Waals surface area (Å²) in [6.07, 6.45) is 0. The lowest BCUT2D eigenvalue weighted by Gasteiger charge is -2.12. The molecule has 0 aliphatic rings. The Labute approximate surface area is 155 Å². The molecule has 0 heterocycles. The van der Waals surface area contributed by atoms with Crippen molar-refractivity contribution >= 4 is 28.4 Å². The minimum atomic E-state index is -1.29. The van der Waals surface area contributed by atoms with Crippen LogP contribution in [-0.2, 0) is 20.3 Å². The number of anilines is 1. The smallest absolute Gasteiger partial charge is 0.339 e. The zero-order chi connectivity index (χ0) is 18.9. The molecule has 0 unspecified atom stereocenters. The maximum Gasteiger partial charge on any atom is 0.339 e. The maximum atomic E-state index is 12.3. The number of hydrogen-bond acceptors (Lipinski definition) is 5. The standard InChI is InChI=1S/C19H21NO5S/c1-3-24-16-11-7-6-10-15(16)20-18(21)13-25-19(22)14-9-5-8-12-17(14)26(23)4-2/h5-12H,3-4,13H2,1-2H3,(H,20,21)/t26-/m1/s1. The Kier molecular flexibility index (Phi) is 7.35. The normalized spacial score (nSPS) is 11.5. The van der Waals surface area contributed by atoms with Crippen LogP contribution in [0, 0.1) is 0 Å². The van der Waals surface area contributed by atoms with Gasteiger partial charge in [0.05, 0.1) is 33.6 Å². The van der Waals surface area contributed by atoms with Crippen molar-refractivity contribution in [2.45, 2.75) is 18.7 Å². The number of nitrogens with one attached hydrogen (secondary N) is 1. The molecule has 0 saturated heterocycles. The van der Waals surface area contributed by atoms with Gasteiger partial charge in [0.2, 0.25) is 0 Å². The predicted molar refractivity (Wildman–Crippen MR) is 99.9 cm³/mol. The number of ether oxygens (including phenoxy) is 2. The van der Waals surface area contributed by atoms with E-state index >= 15 is 0 Å². The molecule has 1 amide bonds. The summed E-state index contributed by atoms with van der Waals surface area (Å²) in [7, 11) is -1.29. The molecular formula is C19H21NO5S. The summed E-state index contributed by atoms with van der Waals surface area (Å²) in [5.74, 6) is -0.243. The molecule has 1 atom stereocenters. The molecule has 2 aromatic rings. The zero-order valence-electron chi connectivity index (χ0n) is 14.7. The van der Waals surface area contributed by atoms with Gasteiger partial charge in [-0.1, -0.05) is 31.2 Å². The van der Waals surface area contributed by atoms with E-state index in [-0.39, 0.29) is 5.56 Å². The first-order valence-corrected chi connectivity index (χ1v) is 9.54. The number of esters is 1. The van der Waals surface area contributed by atoms with Gasteiger partial charge < -0.3 is 14.8 Å². The minimum Gasteiger partial charge on any atom is -0.492 e. The van der Waals surface area contributed by atoms with Gasteiger partial charge in [-0.05, 0) is 31.2 Å². The lowest BCUT2D eigenvalue weighted by atomic mass is 10.2. The van der Waals surface area contributed by atoms with Gasteiger partial charge in [-0.15, -0.1) is 0 Å². The third-order valence-electron chi connectivity index (χ3n) is 3.41. The van der Waals surface area contributed by atoms with Crippen LogP contribution in [0.2, 0.25) is 0 Å². The van der Waals surface area contributed by atoms with Gasteiger partial charge in [0.1, 0.15) is 5.75 Å². The maximum absolute atomic E-state index is 12.3. The van der Waals surface area contributed by atoms with Crippen LogP contribution in [0.25, 0.3) is 0 Å². The molecule has 7 heteroatoms. The van der Waals surface area contributed by atoms with Gasteiger partial charge in [-0.25, -0.2) is 4.79 Å². The summed E-state index contributed by atoms with van der Waals surface area (Å²) in [4.78, 5) is 24.7. The van der Waals surface area contributed by atoms with Crippen LogP contribution in [0.3, 0.4) is 0 Å². The van der Waals surface area contributed by atoms with Crippen molar-refractivity contribution < 1.29 is 23.3 Å². The van der Waals surface area contributed by atoms with Crippen LogP contribution in [-0.4, -0.2) is 35.1 Å². The first-order valence-electron chi connectivity index (χ1n) is 8.23. The molecule has 0 spiro atoms. The van der Waals surface area contributed by atoms with Gasteiger partial charge in [0.15, 0.2) is 6.61 Å². The molecule has 0 aromatic heterocycles. The first-order chi connectivity index (χ1) is 12.6. The van der Waals surface area contributed by atoms with E-state index in [1.54, 1.807) is 49.4 Å². The fraction of sp³-hybridized carbons (Fsp3) is 0.263. The Balaban J connectivity index is 2.00. The molecule has 0 radical (unpaired) electrons. The summed E-state index contributed by atoms with van der Waals surface area (Å²) in [5.41, 5.74) is 0.707. The van der Waals surface area contributed by atoms with Crippen molar-refractivity contribution in [3.63, 3.8) is 0 Å². The molecule has 2 aromatic carbocycles. The van der Waals surface area contributed by atoms with E-state index in [0.29, 0.717) is 28.7 Å². The first kappa shape index (κ1) is 19.7. The molecule has 0 aliphatic carbocycles. The molecule has 26 heavy (non-hydrogen) atoms. The van der Waals surface area contributed by atoms with Crippen molar-refractivity contribution in [2.75, 3.05) is 24.3 Å². The van der Waals surface area contributed by atoms with Crippen LogP contribution in [0.4, 0.5) is 5.69 Å². The summed E-state index contributed by atoms with van der Waals surface area (Å²) in [5, 5.41) is 2.65. The highest BCUT2D eigenvalue weighted by atomic mass is 32.2. The fourth-order valence-electron chi connectivity index (χ4n) is 2.24. The van der Waals surface area contributed by atoms with Crippen molar-refractivity contribution in [2.24, 2.45) is 0 Å². The second kappa shape index (κ2) is 9.72. The number of carbonyl (C=O) groups excluding carboxylic acids is 2. The second-order valence-electron chi connectivity index (χ2n) is 5.18. The summed E-state index contributed by atoms with van der Waals surface area (Å²) in [6.45, 7) is 3.62. The van der Waals surface area contributed by atoms with Gasteiger partial charge in [0.25, 0.3) is 5.91 Å². The fourth-order valence-corrected chi connectivity index (χ4v) is 3.17. The number of rotatable bonds is 8. The van der Waals surface area contributed by atoms with Crippen molar-refractivity contribution in [3.05, 3.63) is 54.1 Å². The number of para-hydroxylation sites is 2. The van der Waals surface area contributed by atoms with Gasteiger partial charge >= 0.3 is 5.97 Å². The van der Waals surface area contributed by atoms with Gasteiger partial charge in [0, 0.05) is 5.75 Å². The molecule has 138 valence electrons. The van der Waals surface area contributed by atoms with Crippen LogP contribution in [0.1, 0.15) is 24.2 Å². The topological polar surface area (TPSA) is 81.7 Å². The molecule has 6 nitrogen and oxygen atoms in total. The molecule has 1 N–H and O–H groups in total. The van der Waals surface area contributed by atoms with Crippen molar-refractivity contribution in [3.8, 4) is 5.75 Å². The number of benzene rings is 2. The van der Waals surface area contributed by atoms with Gasteiger partial charge in [-0.2, -0.15) is 0 Å². The minimum absolute atomic E-state index is 0.204. The highest BCUT2D eigenvalue weighted by Crippen LogP contribution is 2.23. The number of hydrogen-bond donors (Lipinski definition) is 1. The Morgan fingerprint density at radius 2 is 1.73 bits per heavy atom. The number of amides is 1.